The van der Waals surface area contributed by atoms with Crippen molar-refractivity contribution in [2.45, 2.75) is 19.1 Å². The average molecular weight is 352 g/mol. The van der Waals surface area contributed by atoms with Crippen LogP contribution in [0.5, 0.6) is 0 Å². The van der Waals surface area contributed by atoms with Gasteiger partial charge in [-0.25, -0.2) is 13.8 Å². The Labute approximate surface area is 101 Å². The minimum absolute atomic E-state index is 0.0314. The molecule has 1 aromatic rings. The van der Waals surface area contributed by atoms with Gasteiger partial charge < -0.3 is 5.73 Å². The lowest BCUT2D eigenvalue weighted by molar-refractivity contribution is -0.140. The summed E-state index contributed by atoms with van der Waals surface area (Å²) < 4.78 is 62.2. The third-order valence-corrected chi connectivity index (χ3v) is 2.72. The lowest BCUT2D eigenvalue weighted by atomic mass is 10.1. The summed E-state index contributed by atoms with van der Waals surface area (Å²) in [5, 5.41) is 0. The van der Waals surface area contributed by atoms with E-state index in [0.29, 0.717) is 6.07 Å². The summed E-state index contributed by atoms with van der Waals surface area (Å²) in [6, 6.07) is 0.636. The molecule has 0 bridgehead atoms. The Bertz CT molecular complexity index is 391. The lowest BCUT2D eigenvalue weighted by Gasteiger charge is -2.13. The summed E-state index contributed by atoms with van der Waals surface area (Å²) in [5.74, 6) is 0. The molecule has 0 amide bonds. The van der Waals surface area contributed by atoms with Gasteiger partial charge in [0.15, 0.2) is 0 Å². The number of aromatic nitrogens is 1. The van der Waals surface area contributed by atoms with Crippen LogP contribution in [0.2, 0.25) is 0 Å². The van der Waals surface area contributed by atoms with Gasteiger partial charge in [-0.15, -0.1) is 0 Å². The molecule has 0 unspecified atom stereocenters. The quantitative estimate of drug-likeness (QED) is 0.656. The highest BCUT2D eigenvalue weighted by Gasteiger charge is 2.37. The third-order valence-electron chi connectivity index (χ3n) is 1.78. The number of pyridine rings is 1. The summed E-state index contributed by atoms with van der Waals surface area (Å²) in [5.41, 5.74) is 2.53. The SMILES string of the molecule is NCc1nc(C(F)F)c(C(F)(F)F)cc1I. The van der Waals surface area contributed by atoms with Gasteiger partial charge >= 0.3 is 6.18 Å². The standard InChI is InChI=1S/C8H6F5IN2/c9-7(10)6-3(8(11,12)13)1-4(14)5(2-15)16-6/h1,7H,2,15H2. The molecule has 0 fully saturated rings. The topological polar surface area (TPSA) is 38.9 Å². The van der Waals surface area contributed by atoms with Crippen LogP contribution in [0.25, 0.3) is 0 Å². The highest BCUT2D eigenvalue weighted by atomic mass is 127. The predicted octanol–water partition coefficient (Wildman–Crippen LogP) is 3.10. The molecule has 1 heterocycles. The van der Waals surface area contributed by atoms with Crippen molar-refractivity contribution in [1.29, 1.82) is 0 Å². The van der Waals surface area contributed by atoms with Crippen molar-refractivity contribution in [3.8, 4) is 0 Å². The van der Waals surface area contributed by atoms with Gasteiger partial charge in [-0.3, -0.25) is 0 Å². The Morgan fingerprint density at radius 2 is 1.94 bits per heavy atom. The smallest absolute Gasteiger partial charge is 0.325 e. The van der Waals surface area contributed by atoms with E-state index in [0.717, 1.165) is 0 Å². The number of alkyl halides is 5. The zero-order chi connectivity index (χ0) is 12.5. The van der Waals surface area contributed by atoms with Crippen LogP contribution in [0.1, 0.15) is 23.4 Å². The van der Waals surface area contributed by atoms with E-state index >= 15 is 0 Å². The maximum Gasteiger partial charge on any atom is 0.418 e. The molecule has 2 nitrogen and oxygen atoms in total. The molecule has 0 radical (unpaired) electrons. The van der Waals surface area contributed by atoms with Gasteiger partial charge in [0.1, 0.15) is 5.69 Å². The predicted molar refractivity (Wildman–Crippen MR) is 54.8 cm³/mol. The molecule has 0 aromatic carbocycles. The van der Waals surface area contributed by atoms with Crippen molar-refractivity contribution in [2.24, 2.45) is 5.73 Å². The highest BCUT2D eigenvalue weighted by Crippen LogP contribution is 2.36. The third kappa shape index (κ3) is 2.78. The lowest BCUT2D eigenvalue weighted by Crippen LogP contribution is -2.15. The Kier molecular flexibility index (Phi) is 4.05. The minimum Gasteiger partial charge on any atom is -0.325 e. The number of hydrogen-bond acceptors (Lipinski definition) is 2. The summed E-state index contributed by atoms with van der Waals surface area (Å²) in [4.78, 5) is 3.25. The highest BCUT2D eigenvalue weighted by molar-refractivity contribution is 14.1. The summed E-state index contributed by atoms with van der Waals surface area (Å²) in [6.07, 6.45) is -8.12. The number of halogens is 6. The van der Waals surface area contributed by atoms with Crippen molar-refractivity contribution < 1.29 is 22.0 Å². The fourth-order valence-electron chi connectivity index (χ4n) is 1.08. The summed E-state index contributed by atoms with van der Waals surface area (Å²) >= 11 is 1.58. The van der Waals surface area contributed by atoms with Crippen LogP contribution < -0.4 is 5.73 Å². The van der Waals surface area contributed by atoms with E-state index in [1.165, 1.54) is 0 Å². The first kappa shape index (κ1) is 13.6. The van der Waals surface area contributed by atoms with Crippen LogP contribution in [0.3, 0.4) is 0 Å². The number of nitrogens with zero attached hydrogens (tertiary/aromatic N) is 1. The maximum absolute atomic E-state index is 12.4. The molecular weight excluding hydrogens is 346 g/mol. The van der Waals surface area contributed by atoms with Crippen molar-refractivity contribution in [2.75, 3.05) is 0 Å². The molecule has 1 rings (SSSR count). The van der Waals surface area contributed by atoms with Gasteiger partial charge in [0.2, 0.25) is 0 Å². The van der Waals surface area contributed by atoms with E-state index in [-0.39, 0.29) is 15.8 Å². The van der Waals surface area contributed by atoms with Crippen LogP contribution in [0.4, 0.5) is 22.0 Å². The molecule has 0 aliphatic rings. The molecule has 2 N–H and O–H groups in total. The van der Waals surface area contributed by atoms with Gasteiger partial charge in [0.05, 0.1) is 11.3 Å². The van der Waals surface area contributed by atoms with E-state index in [2.05, 4.69) is 4.98 Å². The first-order valence-electron chi connectivity index (χ1n) is 4.02. The van der Waals surface area contributed by atoms with Crippen LogP contribution in [0, 0.1) is 3.57 Å². The molecule has 90 valence electrons. The number of hydrogen-bond donors (Lipinski definition) is 1. The van der Waals surface area contributed by atoms with Gasteiger partial charge in [-0.2, -0.15) is 13.2 Å². The Morgan fingerprint density at radius 3 is 2.31 bits per heavy atom. The maximum atomic E-state index is 12.4. The molecule has 0 saturated carbocycles. The number of nitrogens with two attached hydrogens (primary N) is 1. The fourth-order valence-corrected chi connectivity index (χ4v) is 1.73. The second kappa shape index (κ2) is 4.78. The van der Waals surface area contributed by atoms with Crippen molar-refractivity contribution in [1.82, 2.24) is 4.98 Å². The normalized spacial score (nSPS) is 12.2. The van der Waals surface area contributed by atoms with E-state index in [9.17, 15) is 22.0 Å². The first-order valence-corrected chi connectivity index (χ1v) is 5.10. The molecule has 16 heavy (non-hydrogen) atoms. The van der Waals surface area contributed by atoms with Crippen LogP contribution in [-0.2, 0) is 12.7 Å². The van der Waals surface area contributed by atoms with E-state index in [1.54, 1.807) is 22.6 Å². The first-order chi connectivity index (χ1) is 7.27. The zero-order valence-corrected chi connectivity index (χ0v) is 9.81. The molecule has 8 heteroatoms. The zero-order valence-electron chi connectivity index (χ0n) is 7.65. The summed E-state index contributed by atoms with van der Waals surface area (Å²) in [7, 11) is 0. The monoisotopic (exact) mass is 352 g/mol. The number of rotatable bonds is 2. The molecule has 0 spiro atoms. The molecular formula is C8H6F5IN2. The van der Waals surface area contributed by atoms with E-state index < -0.39 is 23.9 Å². The van der Waals surface area contributed by atoms with E-state index in [1.807, 2.05) is 0 Å². The molecule has 0 aliphatic carbocycles. The van der Waals surface area contributed by atoms with Gasteiger partial charge in [0, 0.05) is 10.1 Å². The molecule has 0 atom stereocenters. The van der Waals surface area contributed by atoms with Gasteiger partial charge in [-0.05, 0) is 28.7 Å². The molecule has 0 saturated heterocycles. The molecule has 1 aromatic heterocycles. The van der Waals surface area contributed by atoms with E-state index in [4.69, 9.17) is 5.73 Å². The second-order valence-corrected chi connectivity index (χ2v) is 4.01. The largest absolute Gasteiger partial charge is 0.418 e. The van der Waals surface area contributed by atoms with Crippen molar-refractivity contribution in [3.05, 3.63) is 26.6 Å². The summed E-state index contributed by atoms with van der Waals surface area (Å²) in [6.45, 7) is -0.184. The second-order valence-electron chi connectivity index (χ2n) is 2.85. The van der Waals surface area contributed by atoms with Crippen LogP contribution >= 0.6 is 22.6 Å². The Balaban J connectivity index is 3.42. The van der Waals surface area contributed by atoms with Gasteiger partial charge in [-0.1, -0.05) is 0 Å². The fraction of sp³-hybridized carbons (Fsp3) is 0.375. The van der Waals surface area contributed by atoms with Crippen molar-refractivity contribution in [3.63, 3.8) is 0 Å². The molecule has 0 aliphatic heterocycles. The van der Waals surface area contributed by atoms with Gasteiger partial charge in [0.25, 0.3) is 6.43 Å². The van der Waals surface area contributed by atoms with Crippen LogP contribution in [-0.4, -0.2) is 4.98 Å². The average Bonchev–Trinajstić information content (AvgIpc) is 2.15. The van der Waals surface area contributed by atoms with Crippen molar-refractivity contribution >= 4 is 22.6 Å². The minimum atomic E-state index is -4.84. The Morgan fingerprint density at radius 1 is 1.38 bits per heavy atom. The van der Waals surface area contributed by atoms with Crippen LogP contribution in [0.15, 0.2) is 6.07 Å². The Hall–Kier alpha value is -0.510.